The predicted octanol–water partition coefficient (Wildman–Crippen LogP) is 4.23. The number of esters is 1. The smallest absolute Gasteiger partial charge is 0.348 e. The third kappa shape index (κ3) is 6.48. The molecular weight excluding hydrogens is 500 g/mol. The van der Waals surface area contributed by atoms with Crippen LogP contribution in [0.4, 0.5) is 5.69 Å². The Bertz CT molecular complexity index is 1470. The molecule has 0 radical (unpaired) electrons. The summed E-state index contributed by atoms with van der Waals surface area (Å²) >= 11 is 1.31. The topological polar surface area (TPSA) is 111 Å². The standard InChI is InChI=1S/C26H24N2O6S2/c1-33-26(30)24-16-19-15-20(7-12-23(19)35-24)28-25(29)17-34-21-8-10-22(11-9-21)36(31,32)27-14-13-18-5-3-2-4-6-18/h2-12,15-16,27H,13-14,17H2,1H3,(H,28,29). The van der Waals surface area contributed by atoms with Crippen molar-refractivity contribution in [1.29, 1.82) is 0 Å². The van der Waals surface area contributed by atoms with Crippen molar-refractivity contribution in [3.05, 3.63) is 89.3 Å². The average molecular weight is 525 g/mol. The van der Waals surface area contributed by atoms with Gasteiger partial charge in [0.25, 0.3) is 5.91 Å². The number of benzene rings is 3. The first-order chi connectivity index (χ1) is 17.3. The molecule has 0 aliphatic heterocycles. The lowest BCUT2D eigenvalue weighted by molar-refractivity contribution is -0.118. The Labute approximate surface area is 212 Å². The van der Waals surface area contributed by atoms with Crippen LogP contribution < -0.4 is 14.8 Å². The van der Waals surface area contributed by atoms with Crippen molar-refractivity contribution in [2.75, 3.05) is 25.6 Å². The van der Waals surface area contributed by atoms with Gasteiger partial charge in [0, 0.05) is 16.9 Å². The molecule has 0 fully saturated rings. The van der Waals surface area contributed by atoms with Gasteiger partial charge in [-0.3, -0.25) is 4.79 Å². The van der Waals surface area contributed by atoms with Gasteiger partial charge in [0.1, 0.15) is 10.6 Å². The number of rotatable bonds is 10. The fourth-order valence-corrected chi connectivity index (χ4v) is 5.43. The molecular formula is C26H24N2O6S2. The van der Waals surface area contributed by atoms with Crippen LogP contribution in [0.1, 0.15) is 15.2 Å². The van der Waals surface area contributed by atoms with E-state index in [1.165, 1.54) is 42.7 Å². The molecule has 3 aromatic carbocycles. The number of hydrogen-bond donors (Lipinski definition) is 2. The Morgan fingerprint density at radius 2 is 1.69 bits per heavy atom. The maximum atomic E-state index is 12.5. The van der Waals surface area contributed by atoms with Gasteiger partial charge >= 0.3 is 5.97 Å². The van der Waals surface area contributed by atoms with Crippen LogP contribution in [0, 0.1) is 0 Å². The third-order valence-corrected chi connectivity index (χ3v) is 7.81. The quantitative estimate of drug-likeness (QED) is 0.301. The number of methoxy groups -OCH3 is 1. The molecule has 0 aliphatic rings. The molecule has 2 N–H and O–H groups in total. The van der Waals surface area contributed by atoms with Gasteiger partial charge in [-0.15, -0.1) is 11.3 Å². The first-order valence-electron chi connectivity index (χ1n) is 11.0. The molecule has 1 heterocycles. The molecule has 8 nitrogen and oxygen atoms in total. The molecule has 0 atom stereocenters. The number of nitrogens with one attached hydrogen (secondary N) is 2. The van der Waals surface area contributed by atoms with Gasteiger partial charge in [0.05, 0.1) is 12.0 Å². The van der Waals surface area contributed by atoms with Crippen molar-refractivity contribution in [3.8, 4) is 5.75 Å². The molecule has 186 valence electrons. The second kappa shape index (κ2) is 11.3. The van der Waals surface area contributed by atoms with E-state index >= 15 is 0 Å². The Morgan fingerprint density at radius 3 is 2.42 bits per heavy atom. The summed E-state index contributed by atoms with van der Waals surface area (Å²) in [5.41, 5.74) is 1.61. The lowest BCUT2D eigenvalue weighted by Gasteiger charge is -2.10. The molecule has 0 saturated heterocycles. The van der Waals surface area contributed by atoms with Crippen molar-refractivity contribution in [2.24, 2.45) is 0 Å². The van der Waals surface area contributed by atoms with E-state index in [1.807, 2.05) is 36.4 Å². The first kappa shape index (κ1) is 25.4. The number of amides is 1. The van der Waals surface area contributed by atoms with Crippen molar-refractivity contribution in [1.82, 2.24) is 4.72 Å². The summed E-state index contributed by atoms with van der Waals surface area (Å²) < 4.78 is 38.7. The van der Waals surface area contributed by atoms with E-state index in [1.54, 1.807) is 18.2 Å². The molecule has 10 heteroatoms. The molecule has 0 saturated carbocycles. The Hall–Kier alpha value is -3.73. The summed E-state index contributed by atoms with van der Waals surface area (Å²) in [5.74, 6) is -0.418. The van der Waals surface area contributed by atoms with E-state index in [-0.39, 0.29) is 24.0 Å². The lowest BCUT2D eigenvalue weighted by atomic mass is 10.2. The number of thiophene rings is 1. The summed E-state index contributed by atoms with van der Waals surface area (Å²) in [7, 11) is -2.33. The number of carbonyl (C=O) groups excluding carboxylic acids is 2. The van der Waals surface area contributed by atoms with Crippen LogP contribution in [0.5, 0.6) is 5.75 Å². The molecule has 0 unspecified atom stereocenters. The molecule has 4 aromatic rings. The van der Waals surface area contributed by atoms with E-state index in [2.05, 4.69) is 10.0 Å². The largest absolute Gasteiger partial charge is 0.484 e. The highest BCUT2D eigenvalue weighted by molar-refractivity contribution is 7.89. The van der Waals surface area contributed by atoms with E-state index < -0.39 is 16.0 Å². The zero-order valence-electron chi connectivity index (χ0n) is 19.4. The number of fused-ring (bicyclic) bond motifs is 1. The number of carbonyl (C=O) groups is 2. The van der Waals surface area contributed by atoms with Crippen molar-refractivity contribution in [2.45, 2.75) is 11.3 Å². The predicted molar refractivity (Wildman–Crippen MR) is 139 cm³/mol. The minimum atomic E-state index is -3.66. The summed E-state index contributed by atoms with van der Waals surface area (Å²) in [6.07, 6.45) is 0.585. The van der Waals surface area contributed by atoms with E-state index in [0.717, 1.165) is 15.6 Å². The summed E-state index contributed by atoms with van der Waals surface area (Å²) in [6.45, 7) is 0.0302. The molecule has 0 aliphatic carbocycles. The molecule has 1 amide bonds. The summed E-state index contributed by atoms with van der Waals surface area (Å²) in [5, 5.41) is 3.56. The summed E-state index contributed by atoms with van der Waals surface area (Å²) in [4.78, 5) is 24.6. The maximum absolute atomic E-state index is 12.5. The zero-order valence-corrected chi connectivity index (χ0v) is 21.0. The van der Waals surface area contributed by atoms with Crippen LogP contribution in [-0.4, -0.2) is 40.6 Å². The van der Waals surface area contributed by atoms with E-state index in [0.29, 0.717) is 22.7 Å². The second-order valence-electron chi connectivity index (χ2n) is 7.80. The highest BCUT2D eigenvalue weighted by atomic mass is 32.2. The van der Waals surface area contributed by atoms with Crippen LogP contribution in [0.25, 0.3) is 10.1 Å². The van der Waals surface area contributed by atoms with E-state index in [4.69, 9.17) is 9.47 Å². The molecule has 36 heavy (non-hydrogen) atoms. The normalized spacial score (nSPS) is 11.2. The van der Waals surface area contributed by atoms with Crippen LogP contribution in [-0.2, 0) is 26.0 Å². The van der Waals surface area contributed by atoms with Gasteiger partial charge in [-0.1, -0.05) is 30.3 Å². The van der Waals surface area contributed by atoms with Crippen LogP contribution in [0.15, 0.2) is 83.8 Å². The molecule has 0 spiro atoms. The highest BCUT2D eigenvalue weighted by Crippen LogP contribution is 2.28. The van der Waals surface area contributed by atoms with Gasteiger partial charge < -0.3 is 14.8 Å². The average Bonchev–Trinajstić information content (AvgIpc) is 3.31. The number of anilines is 1. The van der Waals surface area contributed by atoms with E-state index in [9.17, 15) is 18.0 Å². The minimum absolute atomic E-state index is 0.114. The first-order valence-corrected chi connectivity index (χ1v) is 13.3. The SMILES string of the molecule is COC(=O)c1cc2cc(NC(=O)COc3ccc(S(=O)(=O)NCCc4ccccc4)cc3)ccc2s1. The second-order valence-corrected chi connectivity index (χ2v) is 10.6. The Kier molecular flexibility index (Phi) is 7.99. The van der Waals surface area contributed by atoms with Crippen molar-refractivity contribution < 1.29 is 27.5 Å². The van der Waals surface area contributed by atoms with Gasteiger partial charge in [0.15, 0.2) is 6.61 Å². The van der Waals surface area contributed by atoms with Gasteiger partial charge in [-0.05, 0) is 65.9 Å². The monoisotopic (exact) mass is 524 g/mol. The molecule has 1 aromatic heterocycles. The highest BCUT2D eigenvalue weighted by Gasteiger charge is 2.14. The van der Waals surface area contributed by atoms with Gasteiger partial charge in [-0.2, -0.15) is 0 Å². The van der Waals surface area contributed by atoms with Crippen molar-refractivity contribution >= 4 is 49.0 Å². The number of hydrogen-bond acceptors (Lipinski definition) is 7. The van der Waals surface area contributed by atoms with Gasteiger partial charge in [-0.25, -0.2) is 17.9 Å². The summed E-state index contributed by atoms with van der Waals surface area (Å²) in [6, 6.07) is 22.5. The Morgan fingerprint density at radius 1 is 0.944 bits per heavy atom. The van der Waals surface area contributed by atoms with Gasteiger partial charge in [0.2, 0.25) is 10.0 Å². The number of sulfonamides is 1. The van der Waals surface area contributed by atoms with Crippen molar-refractivity contribution in [3.63, 3.8) is 0 Å². The van der Waals surface area contributed by atoms with Crippen LogP contribution in [0.2, 0.25) is 0 Å². The van der Waals surface area contributed by atoms with Crippen LogP contribution >= 0.6 is 11.3 Å². The zero-order chi connectivity index (χ0) is 25.5. The third-order valence-electron chi connectivity index (χ3n) is 5.24. The molecule has 0 bridgehead atoms. The van der Waals surface area contributed by atoms with Crippen LogP contribution in [0.3, 0.4) is 0 Å². The Balaban J connectivity index is 1.28. The minimum Gasteiger partial charge on any atom is -0.484 e. The lowest BCUT2D eigenvalue weighted by Crippen LogP contribution is -2.26. The molecule has 4 rings (SSSR count). The fraction of sp³-hybridized carbons (Fsp3) is 0.154. The maximum Gasteiger partial charge on any atom is 0.348 e. The fourth-order valence-electron chi connectivity index (χ4n) is 3.44. The number of ether oxygens (including phenoxy) is 2.